The van der Waals surface area contributed by atoms with Crippen LogP contribution in [0, 0.1) is 0 Å². The molecule has 0 aliphatic heterocycles. The van der Waals surface area contributed by atoms with Gasteiger partial charge in [-0.2, -0.15) is 0 Å². The zero-order chi connectivity index (χ0) is 21.4. The van der Waals surface area contributed by atoms with Crippen LogP contribution >= 0.6 is 0 Å². The minimum absolute atomic E-state index is 0.0244. The molecule has 0 atom stereocenters. The van der Waals surface area contributed by atoms with Crippen molar-refractivity contribution in [2.75, 3.05) is 12.4 Å². The van der Waals surface area contributed by atoms with Crippen molar-refractivity contribution in [1.82, 2.24) is 0 Å². The molecule has 0 radical (unpaired) electrons. The molecule has 0 saturated heterocycles. The summed E-state index contributed by atoms with van der Waals surface area (Å²) >= 11 is 0. The van der Waals surface area contributed by atoms with E-state index in [1.807, 2.05) is 0 Å². The topological polar surface area (TPSA) is 132 Å². The maximum Gasteiger partial charge on any atom is 0.238 e. The normalized spacial score (nSPS) is 10.8. The van der Waals surface area contributed by atoms with E-state index in [2.05, 4.69) is 5.32 Å². The molecule has 4 aromatic rings. The van der Waals surface area contributed by atoms with Crippen molar-refractivity contribution in [3.8, 4) is 40.1 Å². The molecule has 0 bridgehead atoms. The van der Waals surface area contributed by atoms with E-state index in [1.165, 1.54) is 24.3 Å². The first-order chi connectivity index (χ1) is 14.4. The lowest BCUT2D eigenvalue weighted by Gasteiger charge is -2.11. The van der Waals surface area contributed by atoms with Crippen molar-refractivity contribution in [3.05, 3.63) is 64.8 Å². The molecule has 152 valence electrons. The molecule has 0 amide bonds. The number of aromatic hydroxyl groups is 4. The summed E-state index contributed by atoms with van der Waals surface area (Å²) in [6.07, 6.45) is 0. The van der Waals surface area contributed by atoms with E-state index in [0.717, 1.165) is 6.07 Å². The van der Waals surface area contributed by atoms with Crippen LogP contribution in [0.25, 0.3) is 22.3 Å². The van der Waals surface area contributed by atoms with Gasteiger partial charge in [0.2, 0.25) is 11.2 Å². The number of benzene rings is 3. The van der Waals surface area contributed by atoms with Crippen molar-refractivity contribution in [2.24, 2.45) is 0 Å². The van der Waals surface area contributed by atoms with Crippen molar-refractivity contribution >= 4 is 22.3 Å². The van der Waals surface area contributed by atoms with Gasteiger partial charge in [0, 0.05) is 29.1 Å². The Bertz CT molecular complexity index is 1310. The van der Waals surface area contributed by atoms with Crippen LogP contribution in [-0.4, -0.2) is 27.5 Å². The Morgan fingerprint density at radius 2 is 1.57 bits per heavy atom. The largest absolute Gasteiger partial charge is 0.507 e. The molecular weight excluding hydrogens is 390 g/mol. The standard InChI is InChI=1S/C22H17NO7/c1-29-14-5-3-12(4-6-14)23-13-9-17(26)19-18(10-13)30-22(21(28)20(19)27)11-2-7-15(24)16(25)8-11/h2-10,23-26,28H,1H3. The van der Waals surface area contributed by atoms with E-state index in [-0.39, 0.29) is 33.8 Å². The lowest BCUT2D eigenvalue weighted by atomic mass is 10.1. The van der Waals surface area contributed by atoms with E-state index in [9.17, 15) is 25.2 Å². The predicted molar refractivity (Wildman–Crippen MR) is 111 cm³/mol. The first-order valence-electron chi connectivity index (χ1n) is 8.83. The summed E-state index contributed by atoms with van der Waals surface area (Å²) in [6.45, 7) is 0. The first-order valence-corrected chi connectivity index (χ1v) is 8.83. The fraction of sp³-hybridized carbons (Fsp3) is 0.0455. The monoisotopic (exact) mass is 407 g/mol. The van der Waals surface area contributed by atoms with Gasteiger partial charge in [-0.15, -0.1) is 0 Å². The molecule has 8 heteroatoms. The lowest BCUT2D eigenvalue weighted by Crippen LogP contribution is -2.03. The number of hydrogen-bond donors (Lipinski definition) is 5. The summed E-state index contributed by atoms with van der Waals surface area (Å²) in [7, 11) is 1.56. The van der Waals surface area contributed by atoms with Gasteiger partial charge in [-0.25, -0.2) is 0 Å². The van der Waals surface area contributed by atoms with Crippen LogP contribution in [0.3, 0.4) is 0 Å². The number of fused-ring (bicyclic) bond motifs is 1. The highest BCUT2D eigenvalue weighted by Gasteiger charge is 2.19. The number of phenolic OH excluding ortho intramolecular Hbond substituents is 3. The highest BCUT2D eigenvalue weighted by molar-refractivity contribution is 5.90. The zero-order valence-corrected chi connectivity index (χ0v) is 15.7. The van der Waals surface area contributed by atoms with Crippen LogP contribution in [0.1, 0.15) is 0 Å². The van der Waals surface area contributed by atoms with Gasteiger partial charge in [-0.3, -0.25) is 4.79 Å². The van der Waals surface area contributed by atoms with Crippen LogP contribution in [0.5, 0.6) is 28.7 Å². The summed E-state index contributed by atoms with van der Waals surface area (Å²) in [4.78, 5) is 12.6. The van der Waals surface area contributed by atoms with Crippen LogP contribution in [-0.2, 0) is 0 Å². The van der Waals surface area contributed by atoms with Crippen molar-refractivity contribution in [2.45, 2.75) is 0 Å². The van der Waals surface area contributed by atoms with E-state index in [1.54, 1.807) is 31.4 Å². The first kappa shape index (κ1) is 19.0. The van der Waals surface area contributed by atoms with E-state index in [0.29, 0.717) is 17.1 Å². The Morgan fingerprint density at radius 1 is 0.833 bits per heavy atom. The zero-order valence-electron chi connectivity index (χ0n) is 15.7. The third-order valence-corrected chi connectivity index (χ3v) is 4.57. The van der Waals surface area contributed by atoms with Gasteiger partial charge < -0.3 is 34.9 Å². The fourth-order valence-corrected chi connectivity index (χ4v) is 3.06. The van der Waals surface area contributed by atoms with Gasteiger partial charge in [0.05, 0.1) is 7.11 Å². The third kappa shape index (κ3) is 3.30. The number of nitrogens with one attached hydrogen (secondary N) is 1. The summed E-state index contributed by atoms with van der Waals surface area (Å²) in [5, 5.41) is 42.8. The molecule has 5 N–H and O–H groups in total. The number of rotatable bonds is 4. The maximum absolute atomic E-state index is 12.6. The fourth-order valence-electron chi connectivity index (χ4n) is 3.06. The number of ether oxygens (including phenoxy) is 1. The highest BCUT2D eigenvalue weighted by Crippen LogP contribution is 2.38. The summed E-state index contributed by atoms with van der Waals surface area (Å²) in [5.74, 6) is -1.40. The molecule has 0 spiro atoms. The minimum atomic E-state index is -0.827. The third-order valence-electron chi connectivity index (χ3n) is 4.57. The second-order valence-corrected chi connectivity index (χ2v) is 6.53. The van der Waals surface area contributed by atoms with Gasteiger partial charge in [-0.1, -0.05) is 0 Å². The van der Waals surface area contributed by atoms with Crippen molar-refractivity contribution < 1.29 is 29.6 Å². The average molecular weight is 407 g/mol. The maximum atomic E-state index is 12.6. The van der Waals surface area contributed by atoms with Gasteiger partial charge in [-0.05, 0) is 42.5 Å². The Labute approximate surface area is 169 Å². The Hall–Kier alpha value is -4.33. The molecule has 0 saturated carbocycles. The average Bonchev–Trinajstić information content (AvgIpc) is 2.73. The van der Waals surface area contributed by atoms with E-state index < -0.39 is 16.9 Å². The molecule has 0 aliphatic carbocycles. The number of anilines is 2. The molecule has 8 nitrogen and oxygen atoms in total. The highest BCUT2D eigenvalue weighted by atomic mass is 16.5. The summed E-state index contributed by atoms with van der Waals surface area (Å²) < 4.78 is 10.8. The SMILES string of the molecule is COc1ccc(Nc2cc(O)c3c(=O)c(O)c(-c4ccc(O)c(O)c4)oc3c2)cc1. The Morgan fingerprint density at radius 3 is 2.23 bits per heavy atom. The van der Waals surface area contributed by atoms with Gasteiger partial charge in [0.1, 0.15) is 22.5 Å². The summed E-state index contributed by atoms with van der Waals surface area (Å²) in [5.41, 5.74) is 0.524. The molecule has 1 heterocycles. The Kier molecular flexibility index (Phi) is 4.59. The number of phenols is 3. The molecule has 0 aliphatic rings. The minimum Gasteiger partial charge on any atom is -0.507 e. The van der Waals surface area contributed by atoms with E-state index >= 15 is 0 Å². The van der Waals surface area contributed by atoms with Crippen LogP contribution in [0.2, 0.25) is 0 Å². The smallest absolute Gasteiger partial charge is 0.238 e. The Balaban J connectivity index is 1.83. The van der Waals surface area contributed by atoms with Crippen molar-refractivity contribution in [1.29, 1.82) is 0 Å². The molecule has 0 unspecified atom stereocenters. The van der Waals surface area contributed by atoms with Crippen LogP contribution in [0.4, 0.5) is 11.4 Å². The lowest BCUT2D eigenvalue weighted by molar-refractivity contribution is 0.403. The predicted octanol–water partition coefficient (Wildman–Crippen LogP) is 4.03. The van der Waals surface area contributed by atoms with E-state index in [4.69, 9.17) is 9.15 Å². The second kappa shape index (κ2) is 7.25. The molecule has 4 rings (SSSR count). The quantitative estimate of drug-likeness (QED) is 0.320. The number of hydrogen-bond acceptors (Lipinski definition) is 8. The molecule has 30 heavy (non-hydrogen) atoms. The molecule has 3 aromatic carbocycles. The van der Waals surface area contributed by atoms with Gasteiger partial charge in [0.15, 0.2) is 17.3 Å². The van der Waals surface area contributed by atoms with Gasteiger partial charge in [0.25, 0.3) is 0 Å². The second-order valence-electron chi connectivity index (χ2n) is 6.53. The van der Waals surface area contributed by atoms with Gasteiger partial charge >= 0.3 is 0 Å². The molecular formula is C22H17NO7. The van der Waals surface area contributed by atoms with Crippen molar-refractivity contribution in [3.63, 3.8) is 0 Å². The van der Waals surface area contributed by atoms with Crippen LogP contribution in [0.15, 0.2) is 63.8 Å². The van der Waals surface area contributed by atoms with Crippen LogP contribution < -0.4 is 15.5 Å². The molecule has 0 fully saturated rings. The molecule has 1 aromatic heterocycles. The number of methoxy groups -OCH3 is 1. The summed E-state index contributed by atoms with van der Waals surface area (Å²) in [6, 6.07) is 13.6.